The first-order chi connectivity index (χ1) is 12.2. The summed E-state index contributed by atoms with van der Waals surface area (Å²) in [6, 6.07) is 8.13. The van der Waals surface area contributed by atoms with Crippen molar-refractivity contribution in [3.05, 3.63) is 29.8 Å². The van der Waals surface area contributed by atoms with Crippen LogP contribution in [0.25, 0.3) is 0 Å². The van der Waals surface area contributed by atoms with Gasteiger partial charge in [-0.25, -0.2) is 8.42 Å². The molecule has 156 valence electrons. The van der Waals surface area contributed by atoms with Gasteiger partial charge in [-0.1, -0.05) is 12.1 Å². The number of nitrogens with zero attached hydrogens (tertiary/aromatic N) is 1. The van der Waals surface area contributed by atoms with Crippen LogP contribution < -0.4 is 15.4 Å². The highest BCUT2D eigenvalue weighted by Gasteiger charge is 2.28. The minimum Gasteiger partial charge on any atom is -0.497 e. The number of guanidine groups is 1. The molecule has 27 heavy (non-hydrogen) atoms. The maximum absolute atomic E-state index is 12.1. The second-order valence-corrected chi connectivity index (χ2v) is 10.0. The van der Waals surface area contributed by atoms with E-state index in [1.165, 1.54) is 5.56 Å². The summed E-state index contributed by atoms with van der Waals surface area (Å²) in [5, 5.41) is 6.29. The van der Waals surface area contributed by atoms with Crippen LogP contribution in [0.4, 0.5) is 0 Å². The summed E-state index contributed by atoms with van der Waals surface area (Å²) in [6.07, 6.45) is 3.09. The Morgan fingerprint density at radius 1 is 1.07 bits per heavy atom. The van der Waals surface area contributed by atoms with Crippen molar-refractivity contribution in [2.45, 2.75) is 44.8 Å². The van der Waals surface area contributed by atoms with Crippen molar-refractivity contribution in [2.75, 3.05) is 33.0 Å². The second-order valence-electron chi connectivity index (χ2n) is 7.16. The molecule has 0 aliphatic rings. The van der Waals surface area contributed by atoms with Gasteiger partial charge in [-0.15, -0.1) is 24.0 Å². The Hall–Kier alpha value is -1.03. The maximum Gasteiger partial charge on any atom is 0.191 e. The largest absolute Gasteiger partial charge is 0.497 e. The first kappa shape index (κ1) is 26.0. The summed E-state index contributed by atoms with van der Waals surface area (Å²) in [6.45, 7) is 6.31. The van der Waals surface area contributed by atoms with Crippen LogP contribution in [-0.4, -0.2) is 52.1 Å². The third kappa shape index (κ3) is 9.64. The highest BCUT2D eigenvalue weighted by molar-refractivity contribution is 14.0. The maximum atomic E-state index is 12.1. The molecule has 0 saturated heterocycles. The lowest BCUT2D eigenvalue weighted by atomic mass is 10.1. The molecular formula is C19H34IN3O3S. The van der Waals surface area contributed by atoms with Gasteiger partial charge in [-0.2, -0.15) is 0 Å². The van der Waals surface area contributed by atoms with E-state index >= 15 is 0 Å². The topological polar surface area (TPSA) is 79.8 Å². The fourth-order valence-corrected chi connectivity index (χ4v) is 3.27. The van der Waals surface area contributed by atoms with Crippen LogP contribution in [0.5, 0.6) is 5.75 Å². The van der Waals surface area contributed by atoms with Crippen molar-refractivity contribution in [2.24, 2.45) is 4.99 Å². The molecule has 0 bridgehead atoms. The number of rotatable bonds is 9. The van der Waals surface area contributed by atoms with E-state index in [-0.39, 0.29) is 29.7 Å². The number of ether oxygens (including phenoxy) is 1. The molecule has 0 aliphatic carbocycles. The van der Waals surface area contributed by atoms with E-state index in [1.54, 1.807) is 34.9 Å². The number of hydrogen-bond acceptors (Lipinski definition) is 4. The molecular weight excluding hydrogens is 477 g/mol. The lowest BCUT2D eigenvalue weighted by molar-refractivity contribution is 0.414. The lowest BCUT2D eigenvalue weighted by Crippen LogP contribution is -2.42. The number of hydrogen-bond donors (Lipinski definition) is 2. The van der Waals surface area contributed by atoms with Crippen LogP contribution in [0.2, 0.25) is 0 Å². The Bertz CT molecular complexity index is 668. The number of nitrogens with one attached hydrogen (secondary N) is 2. The van der Waals surface area contributed by atoms with Crippen LogP contribution in [0.3, 0.4) is 0 Å². The quantitative estimate of drug-likeness (QED) is 0.231. The van der Waals surface area contributed by atoms with Crippen molar-refractivity contribution in [3.8, 4) is 5.75 Å². The normalized spacial score (nSPS) is 12.3. The predicted molar refractivity (Wildman–Crippen MR) is 124 cm³/mol. The first-order valence-electron chi connectivity index (χ1n) is 8.99. The Labute approximate surface area is 181 Å². The molecule has 1 aromatic rings. The molecule has 8 heteroatoms. The number of sulfone groups is 1. The van der Waals surface area contributed by atoms with Gasteiger partial charge in [0.25, 0.3) is 0 Å². The molecule has 0 aliphatic heterocycles. The number of halogens is 1. The fourth-order valence-electron chi connectivity index (χ4n) is 2.28. The highest BCUT2D eigenvalue weighted by Crippen LogP contribution is 2.15. The third-order valence-electron chi connectivity index (χ3n) is 4.16. The van der Waals surface area contributed by atoms with E-state index in [0.29, 0.717) is 12.5 Å². The van der Waals surface area contributed by atoms with Gasteiger partial charge in [0.2, 0.25) is 0 Å². The standard InChI is InChI=1S/C19H33N3O3S.HI/c1-19(2,3)26(23,24)15-14-22-18(20-4)21-13-7-6-8-16-9-11-17(25-5)12-10-16;/h9-12H,6-8,13-15H2,1-5H3,(H2,20,21,22);1H. The zero-order valence-corrected chi connectivity index (χ0v) is 20.2. The monoisotopic (exact) mass is 511 g/mol. The summed E-state index contributed by atoms with van der Waals surface area (Å²) in [5.41, 5.74) is 1.29. The Morgan fingerprint density at radius 2 is 1.67 bits per heavy atom. The Balaban J connectivity index is 0.00000676. The number of aliphatic imine (C=N–C) groups is 1. The van der Waals surface area contributed by atoms with E-state index in [9.17, 15) is 8.42 Å². The van der Waals surface area contributed by atoms with Crippen LogP contribution in [0.1, 0.15) is 39.2 Å². The van der Waals surface area contributed by atoms with E-state index in [2.05, 4.69) is 27.8 Å². The van der Waals surface area contributed by atoms with Crippen LogP contribution in [0, 0.1) is 0 Å². The van der Waals surface area contributed by atoms with Gasteiger partial charge in [0.15, 0.2) is 15.8 Å². The molecule has 0 unspecified atom stereocenters. The molecule has 0 aromatic heterocycles. The lowest BCUT2D eigenvalue weighted by Gasteiger charge is -2.19. The highest BCUT2D eigenvalue weighted by atomic mass is 127. The van der Waals surface area contributed by atoms with E-state index < -0.39 is 14.6 Å². The van der Waals surface area contributed by atoms with Gasteiger partial charge in [0.1, 0.15) is 5.75 Å². The van der Waals surface area contributed by atoms with Crippen molar-refractivity contribution < 1.29 is 13.2 Å². The van der Waals surface area contributed by atoms with Crippen molar-refractivity contribution in [1.82, 2.24) is 10.6 Å². The molecule has 0 spiro atoms. The fraction of sp³-hybridized carbons (Fsp3) is 0.632. The van der Waals surface area contributed by atoms with Crippen LogP contribution in [0.15, 0.2) is 29.3 Å². The van der Waals surface area contributed by atoms with Crippen molar-refractivity contribution in [3.63, 3.8) is 0 Å². The molecule has 0 radical (unpaired) electrons. The smallest absolute Gasteiger partial charge is 0.191 e. The van der Waals surface area contributed by atoms with Gasteiger partial charge in [-0.05, 0) is 57.7 Å². The first-order valence-corrected chi connectivity index (χ1v) is 10.6. The SMILES string of the molecule is CN=C(NCCCCc1ccc(OC)cc1)NCCS(=O)(=O)C(C)(C)C.I. The van der Waals surface area contributed by atoms with E-state index in [0.717, 1.165) is 31.6 Å². The molecule has 1 aromatic carbocycles. The van der Waals surface area contributed by atoms with E-state index in [4.69, 9.17) is 4.74 Å². The number of aryl methyl sites for hydroxylation is 1. The average molecular weight is 511 g/mol. The van der Waals surface area contributed by atoms with Crippen molar-refractivity contribution in [1.29, 1.82) is 0 Å². The van der Waals surface area contributed by atoms with Gasteiger partial charge < -0.3 is 15.4 Å². The van der Waals surface area contributed by atoms with Crippen LogP contribution >= 0.6 is 24.0 Å². The molecule has 0 atom stereocenters. The summed E-state index contributed by atoms with van der Waals surface area (Å²) in [7, 11) is 0.232. The molecule has 0 fully saturated rings. The summed E-state index contributed by atoms with van der Waals surface area (Å²) >= 11 is 0. The second kappa shape index (κ2) is 12.4. The van der Waals surface area contributed by atoms with Gasteiger partial charge in [0, 0.05) is 20.1 Å². The van der Waals surface area contributed by atoms with Crippen LogP contribution in [-0.2, 0) is 16.3 Å². The minimum absolute atomic E-state index is 0. The Kier molecular flexibility index (Phi) is 12.0. The minimum atomic E-state index is -3.12. The molecule has 6 nitrogen and oxygen atoms in total. The number of benzene rings is 1. The Morgan fingerprint density at radius 3 is 2.19 bits per heavy atom. The number of methoxy groups -OCH3 is 1. The van der Waals surface area contributed by atoms with Crippen molar-refractivity contribution >= 4 is 39.8 Å². The third-order valence-corrected chi connectivity index (χ3v) is 6.77. The molecule has 0 amide bonds. The van der Waals surface area contributed by atoms with Gasteiger partial charge in [0.05, 0.1) is 17.6 Å². The zero-order chi connectivity index (χ0) is 19.6. The molecule has 2 N–H and O–H groups in total. The zero-order valence-electron chi connectivity index (χ0n) is 17.0. The number of unbranched alkanes of at least 4 members (excludes halogenated alkanes) is 1. The van der Waals surface area contributed by atoms with E-state index in [1.807, 2.05) is 12.1 Å². The summed E-state index contributed by atoms with van der Waals surface area (Å²) in [5.74, 6) is 1.60. The molecule has 1 rings (SSSR count). The summed E-state index contributed by atoms with van der Waals surface area (Å²) < 4.78 is 28.6. The van der Waals surface area contributed by atoms with Gasteiger partial charge >= 0.3 is 0 Å². The molecule has 0 saturated carbocycles. The molecule has 0 heterocycles. The predicted octanol–water partition coefficient (Wildman–Crippen LogP) is 3.01. The summed E-state index contributed by atoms with van der Waals surface area (Å²) in [4.78, 5) is 4.13. The van der Waals surface area contributed by atoms with Gasteiger partial charge in [-0.3, -0.25) is 4.99 Å². The average Bonchev–Trinajstić information content (AvgIpc) is 2.59.